The van der Waals surface area contributed by atoms with E-state index in [0.717, 1.165) is 71.8 Å². The zero-order valence-electron chi connectivity index (χ0n) is 28.7. The van der Waals surface area contributed by atoms with Crippen molar-refractivity contribution in [2.75, 3.05) is 0 Å². The fourth-order valence-electron chi connectivity index (χ4n) is 8.22. The van der Waals surface area contributed by atoms with Gasteiger partial charge in [-0.2, -0.15) is 0 Å². The van der Waals surface area contributed by atoms with Crippen LogP contribution >= 0.6 is 0 Å². The van der Waals surface area contributed by atoms with E-state index in [1.54, 1.807) is 0 Å². The smallest absolute Gasteiger partial charge is 0.144 e. The summed E-state index contributed by atoms with van der Waals surface area (Å²) in [5.74, 6) is 0. The highest BCUT2D eigenvalue weighted by Gasteiger charge is 2.17. The quantitative estimate of drug-likeness (QED) is 0.134. The van der Waals surface area contributed by atoms with Crippen LogP contribution in [0.5, 0.6) is 0 Å². The first-order valence-electron chi connectivity index (χ1n) is 18.1. The lowest BCUT2D eigenvalue weighted by Gasteiger charge is -2.12. The Kier molecular flexibility index (Phi) is 6.62. The summed E-state index contributed by atoms with van der Waals surface area (Å²) in [7, 11) is 0. The first kappa shape index (κ1) is 29.7. The van der Waals surface area contributed by atoms with Crippen LogP contribution in [-0.4, -0.2) is 5.71 Å². The average molecular weight is 678 g/mol. The molecule has 0 bridgehead atoms. The van der Waals surface area contributed by atoms with E-state index in [4.69, 9.17) is 13.8 Å². The van der Waals surface area contributed by atoms with Crippen LogP contribution in [0.3, 0.4) is 0 Å². The molecule has 0 spiro atoms. The average Bonchev–Trinajstić information content (AvgIpc) is 3.79. The zero-order valence-corrected chi connectivity index (χ0v) is 28.7. The Balaban J connectivity index is 0.981. The van der Waals surface area contributed by atoms with Crippen LogP contribution in [0, 0.1) is 0 Å². The summed E-state index contributed by atoms with van der Waals surface area (Å²) in [6.07, 6.45) is 0. The Bertz CT molecular complexity index is 3220. The molecule has 248 valence electrons. The van der Waals surface area contributed by atoms with Crippen LogP contribution in [0.1, 0.15) is 16.7 Å². The van der Waals surface area contributed by atoms with Crippen molar-refractivity contribution >= 4 is 81.9 Å². The summed E-state index contributed by atoms with van der Waals surface area (Å²) in [5, 5.41) is 12.1. The molecule has 11 rings (SSSR count). The second kappa shape index (κ2) is 11.8. The number of aliphatic imine (C=N–C) groups is 1. The maximum absolute atomic E-state index is 6.57. The number of benzene rings is 9. The molecular weight excluding hydrogens is 647 g/mol. The highest BCUT2D eigenvalue weighted by Crippen LogP contribution is 2.39. The lowest BCUT2D eigenvalue weighted by atomic mass is 9.92. The standard InChI is InChI=1S/C50H31NO2/c1-2-11-32(12-3-1)49(44-19-10-18-43-40-17-8-9-20-46(40)53-50(43)44)51-30-31-21-24-41-42-26-23-34(29-48(42)52-47(41)27-31)33-22-25-39-37-15-5-4-13-35(37)36-14-6-7-16-38(36)45(39)28-33/h1-29H,30H2. The van der Waals surface area contributed by atoms with Crippen LogP contribution in [0.4, 0.5) is 0 Å². The molecule has 0 saturated carbocycles. The van der Waals surface area contributed by atoms with Crippen molar-refractivity contribution in [2.45, 2.75) is 6.54 Å². The van der Waals surface area contributed by atoms with Gasteiger partial charge < -0.3 is 8.83 Å². The van der Waals surface area contributed by atoms with E-state index in [0.29, 0.717) is 6.54 Å². The summed E-state index contributed by atoms with van der Waals surface area (Å²) < 4.78 is 13.0. The summed E-state index contributed by atoms with van der Waals surface area (Å²) >= 11 is 0. The second-order valence-electron chi connectivity index (χ2n) is 13.8. The molecule has 3 nitrogen and oxygen atoms in total. The topological polar surface area (TPSA) is 38.6 Å². The minimum absolute atomic E-state index is 0.499. The van der Waals surface area contributed by atoms with Gasteiger partial charge in [-0.25, -0.2) is 0 Å². The number of hydrogen-bond acceptors (Lipinski definition) is 3. The molecule has 3 heteroatoms. The Labute approximate surface area is 305 Å². The highest BCUT2D eigenvalue weighted by molar-refractivity contribution is 6.26. The lowest BCUT2D eigenvalue weighted by molar-refractivity contribution is 0.667. The van der Waals surface area contributed by atoms with E-state index < -0.39 is 0 Å². The second-order valence-corrected chi connectivity index (χ2v) is 13.8. The van der Waals surface area contributed by atoms with Crippen molar-refractivity contribution in [1.82, 2.24) is 0 Å². The maximum atomic E-state index is 6.57. The Morgan fingerprint density at radius 1 is 0.377 bits per heavy atom. The zero-order chi connectivity index (χ0) is 34.9. The molecule has 0 aliphatic heterocycles. The van der Waals surface area contributed by atoms with Crippen molar-refractivity contribution in [1.29, 1.82) is 0 Å². The van der Waals surface area contributed by atoms with Gasteiger partial charge >= 0.3 is 0 Å². The van der Waals surface area contributed by atoms with Gasteiger partial charge in [0.2, 0.25) is 0 Å². The molecule has 9 aromatic carbocycles. The molecule has 2 aromatic heterocycles. The first-order chi connectivity index (χ1) is 26.3. The van der Waals surface area contributed by atoms with Gasteiger partial charge in [-0.3, -0.25) is 4.99 Å². The third kappa shape index (κ3) is 4.78. The minimum atomic E-state index is 0.499. The molecule has 0 fully saturated rings. The molecule has 0 radical (unpaired) electrons. The van der Waals surface area contributed by atoms with Crippen molar-refractivity contribution in [3.05, 3.63) is 193 Å². The number of para-hydroxylation sites is 2. The molecule has 2 heterocycles. The summed E-state index contributed by atoms with van der Waals surface area (Å²) in [4.78, 5) is 5.25. The number of fused-ring (bicyclic) bond motifs is 12. The molecule has 0 unspecified atom stereocenters. The van der Waals surface area contributed by atoms with Gasteiger partial charge in [0.25, 0.3) is 0 Å². The van der Waals surface area contributed by atoms with Crippen LogP contribution in [-0.2, 0) is 6.54 Å². The molecule has 0 amide bonds. The maximum Gasteiger partial charge on any atom is 0.144 e. The molecule has 0 aliphatic carbocycles. The predicted molar refractivity (Wildman–Crippen MR) is 221 cm³/mol. The first-order valence-corrected chi connectivity index (χ1v) is 18.1. The van der Waals surface area contributed by atoms with Crippen molar-refractivity contribution in [3.63, 3.8) is 0 Å². The van der Waals surface area contributed by atoms with E-state index >= 15 is 0 Å². The van der Waals surface area contributed by atoms with Crippen LogP contribution in [0.2, 0.25) is 0 Å². The van der Waals surface area contributed by atoms with Crippen molar-refractivity contribution < 1.29 is 8.83 Å². The molecule has 0 aliphatic rings. The molecule has 0 N–H and O–H groups in total. The van der Waals surface area contributed by atoms with Gasteiger partial charge in [0.05, 0.1) is 12.3 Å². The fourth-order valence-corrected chi connectivity index (χ4v) is 8.22. The van der Waals surface area contributed by atoms with Gasteiger partial charge in [-0.1, -0.05) is 140 Å². The SMILES string of the molecule is c1ccc(C(=NCc2ccc3c(c2)oc2cc(-c4ccc5c6ccccc6c6ccccc6c5c4)ccc23)c2cccc3c2oc2ccccc23)cc1. The van der Waals surface area contributed by atoms with E-state index in [2.05, 4.69) is 158 Å². The Morgan fingerprint density at radius 2 is 0.925 bits per heavy atom. The normalized spacial score (nSPS) is 12.3. The summed E-state index contributed by atoms with van der Waals surface area (Å²) in [6, 6.07) is 62.2. The van der Waals surface area contributed by atoms with E-state index in [9.17, 15) is 0 Å². The molecule has 0 atom stereocenters. The lowest BCUT2D eigenvalue weighted by Crippen LogP contribution is -2.04. The summed E-state index contributed by atoms with van der Waals surface area (Å²) in [6.45, 7) is 0.499. The molecular formula is C50H31NO2. The Morgan fingerprint density at radius 3 is 1.68 bits per heavy atom. The minimum Gasteiger partial charge on any atom is -0.456 e. The van der Waals surface area contributed by atoms with Crippen LogP contribution < -0.4 is 0 Å². The third-order valence-electron chi connectivity index (χ3n) is 10.7. The largest absolute Gasteiger partial charge is 0.456 e. The highest BCUT2D eigenvalue weighted by atomic mass is 16.3. The monoisotopic (exact) mass is 677 g/mol. The van der Waals surface area contributed by atoms with Crippen molar-refractivity contribution in [3.8, 4) is 11.1 Å². The van der Waals surface area contributed by atoms with Crippen LogP contribution in [0.25, 0.3) is 87.3 Å². The summed E-state index contributed by atoms with van der Waals surface area (Å²) in [5.41, 5.74) is 9.79. The van der Waals surface area contributed by atoms with Gasteiger partial charge in [0.1, 0.15) is 22.3 Å². The fraction of sp³-hybridized carbons (Fsp3) is 0.0200. The number of rotatable bonds is 5. The number of hydrogen-bond donors (Lipinski definition) is 0. The van der Waals surface area contributed by atoms with Gasteiger partial charge in [0, 0.05) is 32.7 Å². The molecule has 0 saturated heterocycles. The van der Waals surface area contributed by atoms with Gasteiger partial charge in [0.15, 0.2) is 0 Å². The third-order valence-corrected chi connectivity index (χ3v) is 10.7. The predicted octanol–water partition coefficient (Wildman–Crippen LogP) is 13.6. The van der Waals surface area contributed by atoms with Crippen molar-refractivity contribution in [2.24, 2.45) is 4.99 Å². The van der Waals surface area contributed by atoms with E-state index in [1.165, 1.54) is 37.9 Å². The molecule has 11 aromatic rings. The van der Waals surface area contributed by atoms with Crippen LogP contribution in [0.15, 0.2) is 190 Å². The van der Waals surface area contributed by atoms with Gasteiger partial charge in [-0.15, -0.1) is 0 Å². The van der Waals surface area contributed by atoms with E-state index in [1.807, 2.05) is 18.2 Å². The number of furan rings is 2. The van der Waals surface area contributed by atoms with E-state index in [-0.39, 0.29) is 0 Å². The molecule has 53 heavy (non-hydrogen) atoms. The van der Waals surface area contributed by atoms with Gasteiger partial charge in [-0.05, 0) is 85.4 Å². The Hall–Kier alpha value is -6.97. The number of nitrogens with zero attached hydrogens (tertiary/aromatic N) is 1.